The number of sulfonamides is 1. The molecule has 0 radical (unpaired) electrons. The number of hydrogen-bond acceptors (Lipinski definition) is 5. The van der Waals surface area contributed by atoms with Crippen molar-refractivity contribution in [2.75, 3.05) is 19.8 Å². The standard InChI is InChI=1S/C13H16N2O5S/c14-13(16)10-2-1-5-15(10)21(17,18)9-3-4-11-12(8-9)20-7-6-19-11/h3-4,8,10H,1-2,5-7H2,(H2,14,16)/t10-/m1/s1. The minimum absolute atomic E-state index is 0.0832. The number of benzene rings is 1. The molecule has 0 saturated carbocycles. The summed E-state index contributed by atoms with van der Waals surface area (Å²) in [5, 5.41) is 0. The van der Waals surface area contributed by atoms with E-state index in [-0.39, 0.29) is 4.90 Å². The second kappa shape index (κ2) is 5.19. The SMILES string of the molecule is NC(=O)[C@H]1CCCN1S(=O)(=O)c1ccc2c(c1)OCCO2. The van der Waals surface area contributed by atoms with Gasteiger partial charge in [0, 0.05) is 12.6 Å². The van der Waals surface area contributed by atoms with Crippen LogP contribution in [0.1, 0.15) is 12.8 Å². The minimum Gasteiger partial charge on any atom is -0.486 e. The van der Waals surface area contributed by atoms with Gasteiger partial charge in [-0.25, -0.2) is 8.42 Å². The van der Waals surface area contributed by atoms with Crippen LogP contribution in [0.15, 0.2) is 23.1 Å². The van der Waals surface area contributed by atoms with Crippen LogP contribution in [-0.2, 0) is 14.8 Å². The number of hydrogen-bond donors (Lipinski definition) is 1. The van der Waals surface area contributed by atoms with Crippen LogP contribution in [0.4, 0.5) is 0 Å². The van der Waals surface area contributed by atoms with Crippen LogP contribution in [0.25, 0.3) is 0 Å². The number of nitrogens with zero attached hydrogens (tertiary/aromatic N) is 1. The molecule has 2 N–H and O–H groups in total. The van der Waals surface area contributed by atoms with Crippen molar-refractivity contribution in [1.29, 1.82) is 0 Å². The van der Waals surface area contributed by atoms with Gasteiger partial charge < -0.3 is 15.2 Å². The molecule has 0 bridgehead atoms. The summed E-state index contributed by atoms with van der Waals surface area (Å²) in [4.78, 5) is 11.5. The van der Waals surface area contributed by atoms with Crippen molar-refractivity contribution in [3.05, 3.63) is 18.2 Å². The van der Waals surface area contributed by atoms with Crippen molar-refractivity contribution >= 4 is 15.9 Å². The largest absolute Gasteiger partial charge is 0.486 e. The van der Waals surface area contributed by atoms with Crippen LogP contribution in [0.2, 0.25) is 0 Å². The molecule has 1 atom stereocenters. The van der Waals surface area contributed by atoms with Crippen molar-refractivity contribution < 1.29 is 22.7 Å². The molecule has 2 heterocycles. The molecule has 7 nitrogen and oxygen atoms in total. The highest BCUT2D eigenvalue weighted by Gasteiger charge is 2.38. The van der Waals surface area contributed by atoms with E-state index in [4.69, 9.17) is 15.2 Å². The van der Waals surface area contributed by atoms with E-state index in [1.165, 1.54) is 16.4 Å². The molecule has 0 aliphatic carbocycles. The van der Waals surface area contributed by atoms with Crippen LogP contribution in [0.3, 0.4) is 0 Å². The number of carbonyl (C=O) groups excluding carboxylic acids is 1. The van der Waals surface area contributed by atoms with Gasteiger partial charge in [0.2, 0.25) is 15.9 Å². The number of amides is 1. The van der Waals surface area contributed by atoms with Crippen LogP contribution in [0.5, 0.6) is 11.5 Å². The minimum atomic E-state index is -3.77. The average molecular weight is 312 g/mol. The van der Waals surface area contributed by atoms with Crippen LogP contribution < -0.4 is 15.2 Å². The van der Waals surface area contributed by atoms with Crippen molar-refractivity contribution in [3.63, 3.8) is 0 Å². The fourth-order valence-electron chi connectivity index (χ4n) is 2.63. The van der Waals surface area contributed by atoms with E-state index < -0.39 is 22.0 Å². The smallest absolute Gasteiger partial charge is 0.243 e. The molecule has 21 heavy (non-hydrogen) atoms. The molecule has 0 unspecified atom stereocenters. The second-order valence-electron chi connectivity index (χ2n) is 4.98. The number of carbonyl (C=O) groups is 1. The number of ether oxygens (including phenoxy) is 2. The molecule has 1 amide bonds. The van der Waals surface area contributed by atoms with E-state index >= 15 is 0 Å². The third-order valence-electron chi connectivity index (χ3n) is 3.65. The zero-order valence-corrected chi connectivity index (χ0v) is 12.1. The zero-order chi connectivity index (χ0) is 15.0. The fraction of sp³-hybridized carbons (Fsp3) is 0.462. The first-order chi connectivity index (χ1) is 10.00. The molecule has 2 aliphatic rings. The Kier molecular flexibility index (Phi) is 3.50. The average Bonchev–Trinajstić information content (AvgIpc) is 2.97. The van der Waals surface area contributed by atoms with Gasteiger partial charge in [-0.2, -0.15) is 4.31 Å². The summed E-state index contributed by atoms with van der Waals surface area (Å²) in [6, 6.07) is 3.68. The topological polar surface area (TPSA) is 98.9 Å². The quantitative estimate of drug-likeness (QED) is 0.853. The highest BCUT2D eigenvalue weighted by molar-refractivity contribution is 7.89. The maximum Gasteiger partial charge on any atom is 0.243 e. The summed E-state index contributed by atoms with van der Waals surface area (Å²) in [6.45, 7) is 1.11. The van der Waals surface area contributed by atoms with E-state index in [2.05, 4.69) is 0 Å². The van der Waals surface area contributed by atoms with Gasteiger partial charge >= 0.3 is 0 Å². The first kappa shape index (κ1) is 14.2. The predicted octanol–water partition coefficient (Wildman–Crippen LogP) is 0.0962. The highest BCUT2D eigenvalue weighted by Crippen LogP contribution is 2.34. The van der Waals surface area contributed by atoms with Crippen LogP contribution in [0, 0.1) is 0 Å². The first-order valence-electron chi connectivity index (χ1n) is 6.71. The summed E-state index contributed by atoms with van der Waals surface area (Å²) < 4.78 is 37.2. The summed E-state index contributed by atoms with van der Waals surface area (Å²) in [7, 11) is -3.77. The van der Waals surface area contributed by atoms with E-state index in [9.17, 15) is 13.2 Å². The monoisotopic (exact) mass is 312 g/mol. The number of primary amides is 1. The molecule has 0 aromatic heterocycles. The van der Waals surface area contributed by atoms with Crippen LogP contribution in [-0.4, -0.2) is 44.4 Å². The van der Waals surface area contributed by atoms with Gasteiger partial charge in [0.05, 0.1) is 4.90 Å². The molecule has 0 spiro atoms. The van der Waals surface area contributed by atoms with Crippen molar-refractivity contribution in [2.24, 2.45) is 5.73 Å². The Morgan fingerprint density at radius 2 is 1.95 bits per heavy atom. The molecule has 3 rings (SSSR count). The molecule has 1 aromatic carbocycles. The normalized spacial score (nSPS) is 22.2. The lowest BCUT2D eigenvalue weighted by molar-refractivity contribution is -0.121. The molecular formula is C13H16N2O5S. The fourth-order valence-corrected chi connectivity index (χ4v) is 4.31. The summed E-state index contributed by atoms with van der Waals surface area (Å²) in [6.07, 6.45) is 1.08. The Morgan fingerprint density at radius 3 is 2.67 bits per heavy atom. The van der Waals surface area contributed by atoms with Gasteiger partial charge in [0.15, 0.2) is 11.5 Å². The molecule has 1 aromatic rings. The highest BCUT2D eigenvalue weighted by atomic mass is 32.2. The third-order valence-corrected chi connectivity index (χ3v) is 5.56. The summed E-state index contributed by atoms with van der Waals surface area (Å²) >= 11 is 0. The Morgan fingerprint density at radius 1 is 1.24 bits per heavy atom. The number of rotatable bonds is 3. The maximum absolute atomic E-state index is 12.7. The predicted molar refractivity (Wildman–Crippen MR) is 73.5 cm³/mol. The Labute approximate surface area is 122 Å². The number of fused-ring (bicyclic) bond motifs is 1. The molecule has 2 aliphatic heterocycles. The van der Waals surface area contributed by atoms with Gasteiger partial charge in [0.25, 0.3) is 0 Å². The lowest BCUT2D eigenvalue weighted by Gasteiger charge is -2.23. The van der Waals surface area contributed by atoms with Gasteiger partial charge in [-0.3, -0.25) is 4.79 Å². The molecular weight excluding hydrogens is 296 g/mol. The van der Waals surface area contributed by atoms with Gasteiger partial charge in [-0.1, -0.05) is 0 Å². The van der Waals surface area contributed by atoms with E-state index in [1.807, 2.05) is 0 Å². The lowest BCUT2D eigenvalue weighted by atomic mass is 10.2. The van der Waals surface area contributed by atoms with Gasteiger partial charge in [-0.15, -0.1) is 0 Å². The van der Waals surface area contributed by atoms with Gasteiger partial charge in [0.1, 0.15) is 19.3 Å². The first-order valence-corrected chi connectivity index (χ1v) is 8.15. The van der Waals surface area contributed by atoms with Crippen molar-refractivity contribution in [3.8, 4) is 11.5 Å². The second-order valence-corrected chi connectivity index (χ2v) is 6.87. The molecule has 8 heteroatoms. The molecule has 1 fully saturated rings. The van der Waals surface area contributed by atoms with E-state index in [0.717, 1.165) is 0 Å². The van der Waals surface area contributed by atoms with E-state index in [1.54, 1.807) is 6.07 Å². The Bertz CT molecular complexity index is 673. The summed E-state index contributed by atoms with van der Waals surface area (Å²) in [5.74, 6) is 0.304. The molecule has 114 valence electrons. The number of nitrogens with two attached hydrogens (primary N) is 1. The van der Waals surface area contributed by atoms with Crippen LogP contribution >= 0.6 is 0 Å². The lowest BCUT2D eigenvalue weighted by Crippen LogP contribution is -2.43. The van der Waals surface area contributed by atoms with Crippen molar-refractivity contribution in [1.82, 2.24) is 4.31 Å². The third kappa shape index (κ3) is 2.44. The zero-order valence-electron chi connectivity index (χ0n) is 11.3. The summed E-state index contributed by atoms with van der Waals surface area (Å²) in [5.41, 5.74) is 5.28. The Balaban J connectivity index is 1.96. The van der Waals surface area contributed by atoms with Gasteiger partial charge in [-0.05, 0) is 25.0 Å². The van der Waals surface area contributed by atoms with Crippen molar-refractivity contribution in [2.45, 2.75) is 23.8 Å². The maximum atomic E-state index is 12.7. The van der Waals surface area contributed by atoms with E-state index in [0.29, 0.717) is 44.1 Å². The molecule has 1 saturated heterocycles. The Hall–Kier alpha value is -1.80.